The zero-order valence-electron chi connectivity index (χ0n) is 13.8. The normalized spacial score (nSPS) is 24.0. The molecule has 2 fully saturated rings. The van der Waals surface area contributed by atoms with Crippen LogP contribution in [0, 0.1) is 5.92 Å². The average molecular weight is 301 g/mol. The van der Waals surface area contributed by atoms with Crippen molar-refractivity contribution in [3.05, 3.63) is 35.9 Å². The van der Waals surface area contributed by atoms with Crippen LogP contribution in [0.15, 0.2) is 30.3 Å². The maximum absolute atomic E-state index is 11.6. The molecule has 22 heavy (non-hydrogen) atoms. The summed E-state index contributed by atoms with van der Waals surface area (Å²) < 4.78 is 0. The molecule has 0 radical (unpaired) electrons. The quantitative estimate of drug-likeness (QED) is 0.875. The molecule has 1 aromatic rings. The topological polar surface area (TPSA) is 23.5 Å². The van der Waals surface area contributed by atoms with Gasteiger partial charge in [-0.2, -0.15) is 0 Å². The van der Waals surface area contributed by atoms with Gasteiger partial charge in [-0.05, 0) is 56.7 Å². The molecule has 1 atom stereocenters. The van der Waals surface area contributed by atoms with Crippen LogP contribution in [0.5, 0.6) is 0 Å². The van der Waals surface area contributed by atoms with E-state index in [4.69, 9.17) is 0 Å². The van der Waals surface area contributed by atoms with Crippen LogP contribution >= 0.6 is 0 Å². The van der Waals surface area contributed by atoms with Crippen molar-refractivity contribution in [2.24, 2.45) is 5.92 Å². The van der Waals surface area contributed by atoms with Crippen LogP contribution in [0.1, 0.15) is 63.4 Å². The van der Waals surface area contributed by atoms with Crippen molar-refractivity contribution in [3.63, 3.8) is 0 Å². The van der Waals surface area contributed by atoms with E-state index in [1.54, 1.807) is 0 Å². The summed E-state index contributed by atoms with van der Waals surface area (Å²) in [5, 5.41) is 11.6. The fraction of sp³-hybridized carbons (Fsp3) is 0.700. The van der Waals surface area contributed by atoms with Gasteiger partial charge in [0, 0.05) is 6.54 Å². The Kier molecular flexibility index (Phi) is 5.54. The molecule has 3 rings (SSSR count). The Bertz CT molecular complexity index is 434. The van der Waals surface area contributed by atoms with Gasteiger partial charge in [-0.1, -0.05) is 56.0 Å². The predicted octanol–water partition coefficient (Wildman–Crippen LogP) is 4.33. The van der Waals surface area contributed by atoms with Gasteiger partial charge in [0.15, 0.2) is 0 Å². The number of nitrogens with zero attached hydrogens (tertiary/aromatic N) is 1. The van der Waals surface area contributed by atoms with E-state index in [1.807, 2.05) is 0 Å². The van der Waals surface area contributed by atoms with E-state index in [1.165, 1.54) is 64.5 Å². The van der Waals surface area contributed by atoms with E-state index in [9.17, 15) is 5.11 Å². The van der Waals surface area contributed by atoms with E-state index < -0.39 is 5.60 Å². The van der Waals surface area contributed by atoms with E-state index in [-0.39, 0.29) is 0 Å². The Labute approximate surface area is 135 Å². The first-order valence-corrected chi connectivity index (χ1v) is 9.29. The molecule has 0 amide bonds. The van der Waals surface area contributed by atoms with Gasteiger partial charge in [0.2, 0.25) is 0 Å². The van der Waals surface area contributed by atoms with Crippen LogP contribution in [0.2, 0.25) is 0 Å². The number of benzene rings is 1. The molecule has 1 saturated heterocycles. The molecule has 1 aliphatic heterocycles. The Morgan fingerprint density at radius 2 is 1.55 bits per heavy atom. The minimum atomic E-state index is -0.626. The lowest BCUT2D eigenvalue weighted by Crippen LogP contribution is -2.41. The van der Waals surface area contributed by atoms with Crippen molar-refractivity contribution in [3.8, 4) is 0 Å². The van der Waals surface area contributed by atoms with Gasteiger partial charge in [-0.15, -0.1) is 0 Å². The smallest absolute Gasteiger partial charge is 0.0936 e. The summed E-state index contributed by atoms with van der Waals surface area (Å²) >= 11 is 0. The molecule has 0 aromatic heterocycles. The Balaban J connectivity index is 1.73. The van der Waals surface area contributed by atoms with Crippen molar-refractivity contribution in [2.75, 3.05) is 19.6 Å². The van der Waals surface area contributed by atoms with Crippen LogP contribution < -0.4 is 0 Å². The number of piperidine rings is 1. The predicted molar refractivity (Wildman–Crippen MR) is 91.8 cm³/mol. The van der Waals surface area contributed by atoms with E-state index in [0.717, 1.165) is 18.5 Å². The second-order valence-electron chi connectivity index (χ2n) is 7.28. The van der Waals surface area contributed by atoms with Gasteiger partial charge < -0.3 is 10.0 Å². The Morgan fingerprint density at radius 1 is 0.909 bits per heavy atom. The van der Waals surface area contributed by atoms with Crippen molar-refractivity contribution >= 4 is 0 Å². The lowest BCUT2D eigenvalue weighted by Gasteiger charge is -2.40. The van der Waals surface area contributed by atoms with Crippen molar-refractivity contribution < 1.29 is 5.11 Å². The molecule has 1 saturated carbocycles. The fourth-order valence-electron chi connectivity index (χ4n) is 4.40. The summed E-state index contributed by atoms with van der Waals surface area (Å²) in [5.41, 5.74) is 0.512. The second-order valence-corrected chi connectivity index (χ2v) is 7.28. The number of likely N-dealkylation sites (tertiary alicyclic amines) is 1. The third-order valence-corrected chi connectivity index (χ3v) is 5.81. The van der Waals surface area contributed by atoms with E-state index in [0.29, 0.717) is 5.92 Å². The minimum Gasteiger partial charge on any atom is -0.385 e. The molecule has 1 heterocycles. The first-order valence-electron chi connectivity index (χ1n) is 9.29. The third kappa shape index (κ3) is 3.72. The van der Waals surface area contributed by atoms with Gasteiger partial charge >= 0.3 is 0 Å². The number of hydrogen-bond donors (Lipinski definition) is 1. The molecular weight excluding hydrogens is 270 g/mol. The number of aliphatic hydroxyl groups is 1. The maximum Gasteiger partial charge on any atom is 0.0936 e. The molecule has 1 aromatic carbocycles. The summed E-state index contributed by atoms with van der Waals surface area (Å²) in [7, 11) is 0. The van der Waals surface area contributed by atoms with Crippen molar-refractivity contribution in [1.82, 2.24) is 4.90 Å². The van der Waals surface area contributed by atoms with Gasteiger partial charge in [0.05, 0.1) is 5.60 Å². The van der Waals surface area contributed by atoms with Crippen LogP contribution in [0.25, 0.3) is 0 Å². The molecule has 1 aliphatic carbocycles. The lowest BCUT2D eigenvalue weighted by atomic mass is 9.71. The summed E-state index contributed by atoms with van der Waals surface area (Å²) in [5.74, 6) is 0.438. The summed E-state index contributed by atoms with van der Waals surface area (Å²) in [6, 6.07) is 10.5. The van der Waals surface area contributed by atoms with Gasteiger partial charge in [0.25, 0.3) is 0 Å². The Hall–Kier alpha value is -0.860. The number of rotatable bonds is 5. The molecule has 1 N–H and O–H groups in total. The third-order valence-electron chi connectivity index (χ3n) is 5.81. The standard InChI is InChI=1S/C20H31NO/c22-20(18-10-4-1-5-11-18,19-12-6-2-7-13-19)14-17-21-15-8-3-9-16-21/h1,4-5,10-11,19,22H,2-3,6-9,12-17H2/t20-/m0/s1. The van der Waals surface area contributed by atoms with E-state index in [2.05, 4.69) is 35.2 Å². The first-order chi connectivity index (χ1) is 10.8. The van der Waals surface area contributed by atoms with Gasteiger partial charge in [-0.3, -0.25) is 0 Å². The molecular formula is C20H31NO. The van der Waals surface area contributed by atoms with Crippen molar-refractivity contribution in [2.45, 2.75) is 63.4 Å². The SMILES string of the molecule is O[C@@](CCN1CCCCC1)(c1ccccc1)C1CCCCC1. The molecule has 0 unspecified atom stereocenters. The van der Waals surface area contributed by atoms with Crippen molar-refractivity contribution in [1.29, 1.82) is 0 Å². The van der Waals surface area contributed by atoms with Crippen LogP contribution in [-0.2, 0) is 5.60 Å². The molecule has 122 valence electrons. The minimum absolute atomic E-state index is 0.438. The zero-order valence-corrected chi connectivity index (χ0v) is 13.8. The van der Waals surface area contributed by atoms with Crippen LogP contribution in [0.4, 0.5) is 0 Å². The molecule has 0 bridgehead atoms. The summed E-state index contributed by atoms with van der Waals surface area (Å²) in [6.45, 7) is 3.48. The summed E-state index contributed by atoms with van der Waals surface area (Å²) in [4.78, 5) is 2.56. The van der Waals surface area contributed by atoms with E-state index >= 15 is 0 Å². The number of hydrogen-bond acceptors (Lipinski definition) is 2. The monoisotopic (exact) mass is 301 g/mol. The highest BCUT2D eigenvalue weighted by atomic mass is 16.3. The molecule has 0 spiro atoms. The largest absolute Gasteiger partial charge is 0.385 e. The lowest BCUT2D eigenvalue weighted by molar-refractivity contribution is -0.0528. The highest BCUT2D eigenvalue weighted by Gasteiger charge is 2.38. The Morgan fingerprint density at radius 3 is 2.23 bits per heavy atom. The van der Waals surface area contributed by atoms with Crippen LogP contribution in [0.3, 0.4) is 0 Å². The van der Waals surface area contributed by atoms with Gasteiger partial charge in [-0.25, -0.2) is 0 Å². The first kappa shape index (κ1) is 16.0. The molecule has 2 aliphatic rings. The molecule has 2 heteroatoms. The van der Waals surface area contributed by atoms with Crippen LogP contribution in [-0.4, -0.2) is 29.6 Å². The highest BCUT2D eigenvalue weighted by molar-refractivity contribution is 5.23. The summed E-state index contributed by atoms with van der Waals surface area (Å²) in [6.07, 6.45) is 11.2. The molecule has 2 nitrogen and oxygen atoms in total. The highest BCUT2D eigenvalue weighted by Crippen LogP contribution is 2.41. The average Bonchev–Trinajstić information content (AvgIpc) is 2.62. The van der Waals surface area contributed by atoms with Gasteiger partial charge in [0.1, 0.15) is 0 Å². The zero-order chi connectivity index (χ0) is 15.3. The fourth-order valence-corrected chi connectivity index (χ4v) is 4.40. The maximum atomic E-state index is 11.6. The second kappa shape index (κ2) is 7.61.